The highest BCUT2D eigenvalue weighted by molar-refractivity contribution is 5.36. The summed E-state index contributed by atoms with van der Waals surface area (Å²) in [5, 5.41) is 0. The molecule has 1 aromatic rings. The van der Waals surface area contributed by atoms with Crippen LogP contribution in [-0.2, 0) is 0 Å². The van der Waals surface area contributed by atoms with Crippen LogP contribution in [0.3, 0.4) is 0 Å². The van der Waals surface area contributed by atoms with Gasteiger partial charge in [-0.05, 0) is 25.7 Å². The fraction of sp³-hybridized carbons (Fsp3) is 0.769. The second kappa shape index (κ2) is 6.04. The van der Waals surface area contributed by atoms with E-state index >= 15 is 0 Å². The summed E-state index contributed by atoms with van der Waals surface area (Å²) in [7, 11) is 2.02. The molecule has 0 bridgehead atoms. The van der Waals surface area contributed by atoms with Crippen molar-refractivity contribution in [2.45, 2.75) is 45.6 Å². The van der Waals surface area contributed by atoms with E-state index in [0.717, 1.165) is 0 Å². The summed E-state index contributed by atoms with van der Waals surface area (Å²) < 4.78 is 5.32. The van der Waals surface area contributed by atoms with Gasteiger partial charge in [-0.2, -0.15) is 15.0 Å². The lowest BCUT2D eigenvalue weighted by Gasteiger charge is -2.36. The van der Waals surface area contributed by atoms with Gasteiger partial charge >= 0.3 is 6.01 Å². The zero-order valence-electron chi connectivity index (χ0n) is 12.0. The number of hydrogen-bond acceptors (Lipinski definition) is 6. The Bertz CT molecular complexity index is 425. The third-order valence-electron chi connectivity index (χ3n) is 3.77. The lowest BCUT2D eigenvalue weighted by Crippen LogP contribution is -2.40. The van der Waals surface area contributed by atoms with Crippen LogP contribution in [-0.4, -0.2) is 34.6 Å². The van der Waals surface area contributed by atoms with Crippen LogP contribution in [0.4, 0.5) is 11.9 Å². The molecule has 2 atom stereocenters. The predicted molar refractivity (Wildman–Crippen MR) is 75.2 cm³/mol. The Kier molecular flexibility index (Phi) is 4.39. The van der Waals surface area contributed by atoms with Crippen LogP contribution in [0, 0.1) is 5.92 Å². The molecule has 1 aliphatic carbocycles. The second-order valence-electron chi connectivity index (χ2n) is 5.15. The van der Waals surface area contributed by atoms with Crippen molar-refractivity contribution in [2.24, 2.45) is 5.92 Å². The quantitative estimate of drug-likeness (QED) is 0.895. The Balaban J connectivity index is 2.19. The van der Waals surface area contributed by atoms with Crippen molar-refractivity contribution in [2.75, 3.05) is 24.3 Å². The maximum atomic E-state index is 5.72. The molecule has 1 heterocycles. The van der Waals surface area contributed by atoms with Crippen molar-refractivity contribution in [1.29, 1.82) is 0 Å². The fourth-order valence-electron chi connectivity index (χ4n) is 2.73. The van der Waals surface area contributed by atoms with Crippen LogP contribution >= 0.6 is 0 Å². The third kappa shape index (κ3) is 3.24. The minimum atomic E-state index is 0.212. The number of anilines is 2. The van der Waals surface area contributed by atoms with Crippen molar-refractivity contribution in [3.8, 4) is 6.01 Å². The van der Waals surface area contributed by atoms with Gasteiger partial charge < -0.3 is 15.4 Å². The zero-order chi connectivity index (χ0) is 13.8. The summed E-state index contributed by atoms with van der Waals surface area (Å²) in [6, 6.07) is 0.769. The van der Waals surface area contributed by atoms with E-state index in [4.69, 9.17) is 10.5 Å². The van der Waals surface area contributed by atoms with Gasteiger partial charge in [0, 0.05) is 13.1 Å². The van der Waals surface area contributed by atoms with Crippen molar-refractivity contribution >= 4 is 11.9 Å². The monoisotopic (exact) mass is 265 g/mol. The molecule has 19 heavy (non-hydrogen) atoms. The molecule has 2 rings (SSSR count). The van der Waals surface area contributed by atoms with Gasteiger partial charge in [-0.3, -0.25) is 0 Å². The van der Waals surface area contributed by atoms with Crippen LogP contribution in [0.15, 0.2) is 0 Å². The van der Waals surface area contributed by atoms with Gasteiger partial charge in [-0.25, -0.2) is 0 Å². The standard InChI is InChI=1S/C13H23N5O/c1-4-19-13-16-11(14)15-12(17-13)18(3)10-8-6-5-7-9(10)2/h9-10H,4-8H2,1-3H3,(H2,14,15,16,17). The highest BCUT2D eigenvalue weighted by Crippen LogP contribution is 2.29. The zero-order valence-corrected chi connectivity index (χ0v) is 12.0. The molecule has 1 aromatic heterocycles. The maximum Gasteiger partial charge on any atom is 0.323 e. The molecule has 6 nitrogen and oxygen atoms in total. The average Bonchev–Trinajstić information content (AvgIpc) is 2.38. The average molecular weight is 265 g/mol. The molecule has 106 valence electrons. The highest BCUT2D eigenvalue weighted by atomic mass is 16.5. The molecule has 0 amide bonds. The van der Waals surface area contributed by atoms with Crippen LogP contribution in [0.25, 0.3) is 0 Å². The van der Waals surface area contributed by atoms with E-state index in [1.165, 1.54) is 25.7 Å². The SMILES string of the molecule is CCOc1nc(N)nc(N(C)C2CCCCC2C)n1. The molecule has 0 aliphatic heterocycles. The number of nitrogens with two attached hydrogens (primary N) is 1. The highest BCUT2D eigenvalue weighted by Gasteiger charge is 2.27. The molecule has 0 radical (unpaired) electrons. The van der Waals surface area contributed by atoms with Gasteiger partial charge in [-0.15, -0.1) is 0 Å². The van der Waals surface area contributed by atoms with Crippen molar-refractivity contribution in [1.82, 2.24) is 15.0 Å². The summed E-state index contributed by atoms with van der Waals surface area (Å²) in [6.45, 7) is 4.70. The molecule has 2 unspecified atom stereocenters. The van der Waals surface area contributed by atoms with E-state index in [1.807, 2.05) is 14.0 Å². The molecule has 1 aliphatic rings. The molecule has 0 spiro atoms. The van der Waals surface area contributed by atoms with Gasteiger partial charge in [-0.1, -0.05) is 19.8 Å². The first-order valence-electron chi connectivity index (χ1n) is 6.99. The molecule has 0 saturated heterocycles. The van der Waals surface area contributed by atoms with Crippen LogP contribution < -0.4 is 15.4 Å². The van der Waals surface area contributed by atoms with Gasteiger partial charge in [0.2, 0.25) is 11.9 Å². The normalized spacial score (nSPS) is 23.1. The molecule has 6 heteroatoms. The lowest BCUT2D eigenvalue weighted by molar-refractivity contribution is 0.305. The molecular formula is C13H23N5O. The van der Waals surface area contributed by atoms with Crippen molar-refractivity contribution < 1.29 is 4.74 Å². The van der Waals surface area contributed by atoms with E-state index < -0.39 is 0 Å². The second-order valence-corrected chi connectivity index (χ2v) is 5.15. The van der Waals surface area contributed by atoms with Gasteiger partial charge in [0.15, 0.2) is 0 Å². The van der Waals surface area contributed by atoms with E-state index in [1.54, 1.807) is 0 Å². The fourth-order valence-corrected chi connectivity index (χ4v) is 2.73. The maximum absolute atomic E-state index is 5.72. The lowest BCUT2D eigenvalue weighted by atomic mass is 9.85. The van der Waals surface area contributed by atoms with Crippen LogP contribution in [0.5, 0.6) is 6.01 Å². The van der Waals surface area contributed by atoms with Gasteiger partial charge in [0.1, 0.15) is 0 Å². The van der Waals surface area contributed by atoms with Crippen molar-refractivity contribution in [3.63, 3.8) is 0 Å². The van der Waals surface area contributed by atoms with Gasteiger partial charge in [0.25, 0.3) is 0 Å². The Morgan fingerprint density at radius 2 is 2.00 bits per heavy atom. The summed E-state index contributed by atoms with van der Waals surface area (Å²) in [4.78, 5) is 14.7. The van der Waals surface area contributed by atoms with E-state index in [9.17, 15) is 0 Å². The predicted octanol–water partition coefficient (Wildman–Crippen LogP) is 1.87. The molecule has 1 fully saturated rings. The van der Waals surface area contributed by atoms with Crippen molar-refractivity contribution in [3.05, 3.63) is 0 Å². The minimum absolute atomic E-state index is 0.212. The number of nitrogens with zero attached hydrogens (tertiary/aromatic N) is 4. The smallest absolute Gasteiger partial charge is 0.323 e. The molecule has 1 saturated carbocycles. The van der Waals surface area contributed by atoms with Gasteiger partial charge in [0.05, 0.1) is 6.61 Å². The summed E-state index contributed by atoms with van der Waals surface area (Å²) in [5.41, 5.74) is 5.72. The third-order valence-corrected chi connectivity index (χ3v) is 3.77. The molecular weight excluding hydrogens is 242 g/mol. The minimum Gasteiger partial charge on any atom is -0.464 e. The van der Waals surface area contributed by atoms with Crippen LogP contribution in [0.1, 0.15) is 39.5 Å². The van der Waals surface area contributed by atoms with E-state index in [2.05, 4.69) is 26.8 Å². The first-order valence-corrected chi connectivity index (χ1v) is 6.99. The number of nitrogen functional groups attached to an aromatic ring is 1. The summed E-state index contributed by atoms with van der Waals surface area (Å²) in [5.74, 6) is 1.46. The first-order chi connectivity index (χ1) is 9.11. The van der Waals surface area contributed by atoms with Crippen LogP contribution in [0.2, 0.25) is 0 Å². The molecule has 2 N–H and O–H groups in total. The van der Waals surface area contributed by atoms with E-state index in [-0.39, 0.29) is 5.95 Å². The summed E-state index contributed by atoms with van der Waals surface area (Å²) >= 11 is 0. The summed E-state index contributed by atoms with van der Waals surface area (Å²) in [6.07, 6.45) is 5.01. The Morgan fingerprint density at radius 1 is 1.26 bits per heavy atom. The Labute approximate surface area is 114 Å². The van der Waals surface area contributed by atoms with E-state index in [0.29, 0.717) is 30.5 Å². The molecule has 0 aromatic carbocycles. The number of rotatable bonds is 4. The topological polar surface area (TPSA) is 77.2 Å². The Hall–Kier alpha value is -1.59. The Morgan fingerprint density at radius 3 is 2.68 bits per heavy atom. The largest absolute Gasteiger partial charge is 0.464 e. The number of aromatic nitrogens is 3. The number of hydrogen-bond donors (Lipinski definition) is 1. The first kappa shape index (κ1) is 13.8. The number of ether oxygens (including phenoxy) is 1.